The van der Waals surface area contributed by atoms with E-state index >= 15 is 0 Å². The van der Waals surface area contributed by atoms with Gasteiger partial charge in [0.25, 0.3) is 0 Å². The van der Waals surface area contributed by atoms with Crippen molar-refractivity contribution in [3.63, 3.8) is 0 Å². The van der Waals surface area contributed by atoms with Gasteiger partial charge in [-0.05, 0) is 30.9 Å². The minimum absolute atomic E-state index is 0.756. The summed E-state index contributed by atoms with van der Waals surface area (Å²) in [5.41, 5.74) is 1.72. The molecule has 1 fully saturated rings. The van der Waals surface area contributed by atoms with Crippen LogP contribution in [0.15, 0.2) is 18.3 Å². The molecule has 0 aliphatic heterocycles. The average molecular weight is 203 g/mol. The zero-order valence-electron chi connectivity index (χ0n) is 8.98. The van der Waals surface area contributed by atoms with Crippen molar-refractivity contribution >= 4 is 6.29 Å². The van der Waals surface area contributed by atoms with Crippen LogP contribution >= 0.6 is 0 Å². The molecule has 1 aromatic heterocycles. The van der Waals surface area contributed by atoms with Gasteiger partial charge in [0, 0.05) is 11.8 Å². The largest absolute Gasteiger partial charge is 0.298 e. The second kappa shape index (κ2) is 5.06. The first-order valence-electron chi connectivity index (χ1n) is 5.79. The third-order valence-electron chi connectivity index (χ3n) is 3.30. The van der Waals surface area contributed by atoms with E-state index in [1.165, 1.54) is 32.1 Å². The Morgan fingerprint density at radius 1 is 1.47 bits per heavy atom. The molecule has 15 heavy (non-hydrogen) atoms. The fourth-order valence-electron chi connectivity index (χ4n) is 2.11. The molecule has 0 aromatic carbocycles. The van der Waals surface area contributed by atoms with Gasteiger partial charge in [-0.2, -0.15) is 0 Å². The molecule has 2 heteroatoms. The van der Waals surface area contributed by atoms with Gasteiger partial charge in [-0.1, -0.05) is 25.7 Å². The van der Waals surface area contributed by atoms with Crippen LogP contribution in [0.3, 0.4) is 0 Å². The number of aldehydes is 1. The van der Waals surface area contributed by atoms with Crippen molar-refractivity contribution in [2.24, 2.45) is 5.92 Å². The molecule has 1 aliphatic rings. The van der Waals surface area contributed by atoms with Gasteiger partial charge >= 0.3 is 0 Å². The van der Waals surface area contributed by atoms with Crippen LogP contribution in [0.25, 0.3) is 0 Å². The normalized spacial score (nSPS) is 16.0. The highest BCUT2D eigenvalue weighted by molar-refractivity contribution is 5.76. The molecule has 0 atom stereocenters. The van der Waals surface area contributed by atoms with Gasteiger partial charge in [0.1, 0.15) is 0 Å². The molecule has 1 aromatic rings. The minimum Gasteiger partial charge on any atom is -0.298 e. The van der Waals surface area contributed by atoms with Crippen molar-refractivity contribution in [3.05, 3.63) is 29.6 Å². The quantitative estimate of drug-likeness (QED) is 0.688. The van der Waals surface area contributed by atoms with Crippen molar-refractivity contribution in [1.82, 2.24) is 4.98 Å². The number of hydrogen-bond donors (Lipinski definition) is 0. The van der Waals surface area contributed by atoms with E-state index in [9.17, 15) is 4.79 Å². The maximum Gasteiger partial charge on any atom is 0.151 e. The Hall–Kier alpha value is -1.18. The molecule has 0 saturated heterocycles. The van der Waals surface area contributed by atoms with Crippen LogP contribution in [0, 0.1) is 5.92 Å². The minimum atomic E-state index is 0.756. The van der Waals surface area contributed by atoms with E-state index in [-0.39, 0.29) is 0 Å². The predicted octanol–water partition coefficient (Wildman–Crippen LogP) is 3.02. The van der Waals surface area contributed by atoms with E-state index < -0.39 is 0 Å². The second-order valence-corrected chi connectivity index (χ2v) is 4.35. The lowest BCUT2D eigenvalue weighted by atomic mass is 9.81. The molecule has 1 heterocycles. The molecule has 0 N–H and O–H groups in total. The Morgan fingerprint density at radius 2 is 2.33 bits per heavy atom. The second-order valence-electron chi connectivity index (χ2n) is 4.35. The van der Waals surface area contributed by atoms with E-state index in [1.54, 1.807) is 6.20 Å². The van der Waals surface area contributed by atoms with E-state index in [1.807, 2.05) is 12.1 Å². The Balaban J connectivity index is 1.83. The Bertz CT molecular complexity index is 331. The number of pyridine rings is 1. The van der Waals surface area contributed by atoms with E-state index in [0.717, 1.165) is 29.9 Å². The predicted molar refractivity (Wildman–Crippen MR) is 59.9 cm³/mol. The molecule has 0 amide bonds. The zero-order chi connectivity index (χ0) is 10.5. The lowest BCUT2D eigenvalue weighted by molar-refractivity contribution is 0.112. The van der Waals surface area contributed by atoms with Gasteiger partial charge in [-0.15, -0.1) is 0 Å². The summed E-state index contributed by atoms with van der Waals surface area (Å²) in [5, 5.41) is 0. The fraction of sp³-hybridized carbons (Fsp3) is 0.538. The highest BCUT2D eigenvalue weighted by Gasteiger charge is 2.16. The van der Waals surface area contributed by atoms with Crippen LogP contribution < -0.4 is 0 Å². The Morgan fingerprint density at radius 3 is 3.00 bits per heavy atom. The van der Waals surface area contributed by atoms with Crippen molar-refractivity contribution in [2.45, 2.75) is 38.5 Å². The molecule has 0 unspecified atom stereocenters. The van der Waals surface area contributed by atoms with Gasteiger partial charge < -0.3 is 0 Å². The standard InChI is InChI=1S/C13H17NO/c15-10-12-7-3-9-14-13(12)8-2-6-11-4-1-5-11/h3,7,9-11H,1-2,4-6,8H2. The molecular weight excluding hydrogens is 186 g/mol. The van der Waals surface area contributed by atoms with Crippen LogP contribution in [-0.2, 0) is 6.42 Å². The maximum atomic E-state index is 10.8. The summed E-state index contributed by atoms with van der Waals surface area (Å²) in [6.45, 7) is 0. The third-order valence-corrected chi connectivity index (χ3v) is 3.30. The first-order valence-corrected chi connectivity index (χ1v) is 5.79. The molecule has 2 rings (SSSR count). The van der Waals surface area contributed by atoms with Gasteiger partial charge in [0.15, 0.2) is 6.29 Å². The van der Waals surface area contributed by atoms with Crippen LogP contribution in [-0.4, -0.2) is 11.3 Å². The van der Waals surface area contributed by atoms with Gasteiger partial charge in [0.2, 0.25) is 0 Å². The van der Waals surface area contributed by atoms with E-state index in [4.69, 9.17) is 0 Å². The smallest absolute Gasteiger partial charge is 0.151 e. The summed E-state index contributed by atoms with van der Waals surface area (Å²) >= 11 is 0. The number of hydrogen-bond acceptors (Lipinski definition) is 2. The van der Waals surface area contributed by atoms with Crippen molar-refractivity contribution < 1.29 is 4.79 Å². The Kier molecular flexibility index (Phi) is 3.49. The zero-order valence-corrected chi connectivity index (χ0v) is 8.98. The average Bonchev–Trinajstić information content (AvgIpc) is 2.22. The summed E-state index contributed by atoms with van der Waals surface area (Å²) in [6.07, 6.45) is 10.3. The molecule has 0 bridgehead atoms. The SMILES string of the molecule is O=Cc1cccnc1CCCC1CCC1. The highest BCUT2D eigenvalue weighted by atomic mass is 16.1. The molecule has 1 saturated carbocycles. The fourth-order valence-corrected chi connectivity index (χ4v) is 2.11. The number of aromatic nitrogens is 1. The maximum absolute atomic E-state index is 10.8. The topological polar surface area (TPSA) is 30.0 Å². The lowest BCUT2D eigenvalue weighted by Gasteiger charge is -2.24. The molecule has 0 spiro atoms. The van der Waals surface area contributed by atoms with E-state index in [2.05, 4.69) is 4.98 Å². The summed E-state index contributed by atoms with van der Waals surface area (Å²) in [6, 6.07) is 3.66. The molecule has 1 aliphatic carbocycles. The van der Waals surface area contributed by atoms with Gasteiger partial charge in [-0.25, -0.2) is 0 Å². The lowest BCUT2D eigenvalue weighted by Crippen LogP contribution is -2.11. The van der Waals surface area contributed by atoms with Crippen LogP contribution in [0.2, 0.25) is 0 Å². The molecule has 80 valence electrons. The number of carbonyl (C=O) groups excluding carboxylic acids is 1. The summed E-state index contributed by atoms with van der Waals surface area (Å²) < 4.78 is 0. The van der Waals surface area contributed by atoms with Crippen LogP contribution in [0.5, 0.6) is 0 Å². The molecular formula is C13H17NO. The van der Waals surface area contributed by atoms with Crippen molar-refractivity contribution in [3.8, 4) is 0 Å². The number of carbonyl (C=O) groups is 1. The number of nitrogens with zero attached hydrogens (tertiary/aromatic N) is 1. The van der Waals surface area contributed by atoms with Crippen molar-refractivity contribution in [2.75, 3.05) is 0 Å². The van der Waals surface area contributed by atoms with Gasteiger partial charge in [-0.3, -0.25) is 9.78 Å². The third kappa shape index (κ3) is 2.65. The van der Waals surface area contributed by atoms with Crippen LogP contribution in [0.1, 0.15) is 48.2 Å². The number of rotatable bonds is 5. The van der Waals surface area contributed by atoms with Gasteiger partial charge in [0.05, 0.1) is 5.69 Å². The number of aryl methyl sites for hydroxylation is 1. The monoisotopic (exact) mass is 203 g/mol. The van der Waals surface area contributed by atoms with Crippen LogP contribution in [0.4, 0.5) is 0 Å². The molecule has 2 nitrogen and oxygen atoms in total. The first-order chi connectivity index (χ1) is 7.40. The summed E-state index contributed by atoms with van der Waals surface area (Å²) in [4.78, 5) is 15.0. The van der Waals surface area contributed by atoms with Crippen molar-refractivity contribution in [1.29, 1.82) is 0 Å². The Labute approximate surface area is 90.7 Å². The summed E-state index contributed by atoms with van der Waals surface area (Å²) in [5.74, 6) is 0.952. The first kappa shape index (κ1) is 10.3. The molecule has 0 radical (unpaired) electrons. The van der Waals surface area contributed by atoms with E-state index in [0.29, 0.717) is 0 Å². The highest BCUT2D eigenvalue weighted by Crippen LogP contribution is 2.30. The summed E-state index contributed by atoms with van der Waals surface area (Å²) in [7, 11) is 0.